The van der Waals surface area contributed by atoms with Gasteiger partial charge in [-0.05, 0) is 38.4 Å². The summed E-state index contributed by atoms with van der Waals surface area (Å²) in [6.07, 6.45) is 4.08. The molecule has 1 rings (SSSR count). The van der Waals surface area contributed by atoms with Gasteiger partial charge in [0.15, 0.2) is 0 Å². The van der Waals surface area contributed by atoms with E-state index >= 15 is 0 Å². The van der Waals surface area contributed by atoms with Crippen molar-refractivity contribution in [3.05, 3.63) is 30.1 Å². The summed E-state index contributed by atoms with van der Waals surface area (Å²) in [5, 5.41) is 3.39. The predicted molar refractivity (Wildman–Crippen MR) is 55.7 cm³/mol. The Morgan fingerprint density at radius 2 is 2.31 bits per heavy atom. The fraction of sp³-hybridized carbons (Fsp3) is 0.545. The van der Waals surface area contributed by atoms with Gasteiger partial charge in [0, 0.05) is 17.9 Å². The molecule has 13 heavy (non-hydrogen) atoms. The SMILES string of the molecule is CCNC(C)CCc1ccccn1. The van der Waals surface area contributed by atoms with Crippen LogP contribution in [-0.2, 0) is 6.42 Å². The van der Waals surface area contributed by atoms with Gasteiger partial charge in [0.2, 0.25) is 0 Å². The van der Waals surface area contributed by atoms with Crippen molar-refractivity contribution < 1.29 is 0 Å². The van der Waals surface area contributed by atoms with Crippen molar-refractivity contribution in [2.24, 2.45) is 0 Å². The average Bonchev–Trinajstić information content (AvgIpc) is 2.17. The molecule has 0 radical (unpaired) electrons. The van der Waals surface area contributed by atoms with Crippen LogP contribution in [0.1, 0.15) is 26.0 Å². The Hall–Kier alpha value is -0.890. The second-order valence-electron chi connectivity index (χ2n) is 3.32. The van der Waals surface area contributed by atoms with Crippen LogP contribution in [0.4, 0.5) is 0 Å². The molecule has 1 heterocycles. The molecule has 1 aromatic heterocycles. The predicted octanol–water partition coefficient (Wildman–Crippen LogP) is 2.01. The third-order valence-electron chi connectivity index (χ3n) is 2.11. The molecule has 1 unspecified atom stereocenters. The molecule has 0 amide bonds. The largest absolute Gasteiger partial charge is 0.315 e. The summed E-state index contributed by atoms with van der Waals surface area (Å²) in [7, 11) is 0. The van der Waals surface area contributed by atoms with Gasteiger partial charge in [-0.15, -0.1) is 0 Å². The van der Waals surface area contributed by atoms with E-state index in [2.05, 4.69) is 30.2 Å². The number of nitrogens with one attached hydrogen (secondary N) is 1. The number of rotatable bonds is 5. The van der Waals surface area contributed by atoms with Crippen LogP contribution in [0, 0.1) is 0 Å². The van der Waals surface area contributed by atoms with Gasteiger partial charge >= 0.3 is 0 Å². The number of pyridine rings is 1. The molecule has 0 aromatic carbocycles. The molecule has 72 valence electrons. The number of aromatic nitrogens is 1. The summed E-state index contributed by atoms with van der Waals surface area (Å²) < 4.78 is 0. The fourth-order valence-corrected chi connectivity index (χ4v) is 1.36. The normalized spacial score (nSPS) is 12.8. The molecule has 2 heteroatoms. The molecule has 0 saturated carbocycles. The van der Waals surface area contributed by atoms with Crippen LogP contribution >= 0.6 is 0 Å². The van der Waals surface area contributed by atoms with Crippen molar-refractivity contribution in [3.63, 3.8) is 0 Å². The molecule has 0 aliphatic rings. The van der Waals surface area contributed by atoms with Gasteiger partial charge in [-0.1, -0.05) is 13.0 Å². The zero-order chi connectivity index (χ0) is 9.52. The highest BCUT2D eigenvalue weighted by molar-refractivity contribution is 5.03. The van der Waals surface area contributed by atoms with Crippen LogP contribution in [0.25, 0.3) is 0 Å². The average molecular weight is 178 g/mol. The standard InChI is InChI=1S/C11H18N2/c1-3-12-10(2)7-8-11-6-4-5-9-13-11/h4-6,9-10,12H,3,7-8H2,1-2H3. The Labute approximate surface area is 80.4 Å². The number of hydrogen-bond acceptors (Lipinski definition) is 2. The first-order valence-electron chi connectivity index (χ1n) is 4.96. The van der Waals surface area contributed by atoms with E-state index in [0.717, 1.165) is 19.4 Å². The quantitative estimate of drug-likeness (QED) is 0.746. The number of aryl methyl sites for hydroxylation is 1. The maximum Gasteiger partial charge on any atom is 0.0404 e. The van der Waals surface area contributed by atoms with Crippen molar-refractivity contribution >= 4 is 0 Å². The summed E-state index contributed by atoms with van der Waals surface area (Å²) in [4.78, 5) is 4.28. The van der Waals surface area contributed by atoms with Crippen molar-refractivity contribution in [1.29, 1.82) is 0 Å². The molecular formula is C11H18N2. The number of hydrogen-bond donors (Lipinski definition) is 1. The smallest absolute Gasteiger partial charge is 0.0404 e. The van der Waals surface area contributed by atoms with E-state index in [0.29, 0.717) is 6.04 Å². The van der Waals surface area contributed by atoms with Crippen LogP contribution in [0.2, 0.25) is 0 Å². The molecule has 1 atom stereocenters. The zero-order valence-electron chi connectivity index (χ0n) is 8.46. The van der Waals surface area contributed by atoms with E-state index in [9.17, 15) is 0 Å². The molecule has 0 saturated heterocycles. The third kappa shape index (κ3) is 4.04. The van der Waals surface area contributed by atoms with Crippen LogP contribution < -0.4 is 5.32 Å². The summed E-state index contributed by atoms with van der Waals surface area (Å²) in [5.41, 5.74) is 1.19. The van der Waals surface area contributed by atoms with E-state index in [1.165, 1.54) is 5.69 Å². The monoisotopic (exact) mass is 178 g/mol. The summed E-state index contributed by atoms with van der Waals surface area (Å²) in [6, 6.07) is 6.67. The number of nitrogens with zero attached hydrogens (tertiary/aromatic N) is 1. The zero-order valence-corrected chi connectivity index (χ0v) is 8.46. The van der Waals surface area contributed by atoms with Crippen molar-refractivity contribution in [1.82, 2.24) is 10.3 Å². The second-order valence-corrected chi connectivity index (χ2v) is 3.32. The molecule has 0 spiro atoms. The van der Waals surface area contributed by atoms with Gasteiger partial charge < -0.3 is 5.32 Å². The first-order valence-corrected chi connectivity index (χ1v) is 4.96. The summed E-state index contributed by atoms with van der Waals surface area (Å²) >= 11 is 0. The molecule has 1 N–H and O–H groups in total. The van der Waals surface area contributed by atoms with Crippen molar-refractivity contribution in [2.75, 3.05) is 6.54 Å². The summed E-state index contributed by atoms with van der Waals surface area (Å²) in [6.45, 7) is 5.40. The molecule has 0 bridgehead atoms. The van der Waals surface area contributed by atoms with Gasteiger partial charge in [-0.2, -0.15) is 0 Å². The first kappa shape index (κ1) is 10.2. The Balaban J connectivity index is 2.27. The lowest BCUT2D eigenvalue weighted by Crippen LogP contribution is -2.25. The Morgan fingerprint density at radius 3 is 2.92 bits per heavy atom. The van der Waals surface area contributed by atoms with Crippen molar-refractivity contribution in [3.8, 4) is 0 Å². The highest BCUT2D eigenvalue weighted by Gasteiger charge is 2.00. The van der Waals surface area contributed by atoms with Gasteiger partial charge in [0.05, 0.1) is 0 Å². The minimum absolute atomic E-state index is 0.590. The maximum atomic E-state index is 4.28. The molecule has 1 aromatic rings. The van der Waals surface area contributed by atoms with E-state index in [4.69, 9.17) is 0 Å². The highest BCUT2D eigenvalue weighted by atomic mass is 14.9. The fourth-order valence-electron chi connectivity index (χ4n) is 1.36. The van der Waals surface area contributed by atoms with E-state index in [1.54, 1.807) is 0 Å². The van der Waals surface area contributed by atoms with Crippen LogP contribution in [-0.4, -0.2) is 17.6 Å². The van der Waals surface area contributed by atoms with Crippen LogP contribution in [0.5, 0.6) is 0 Å². The minimum atomic E-state index is 0.590. The lowest BCUT2D eigenvalue weighted by molar-refractivity contribution is 0.528. The van der Waals surface area contributed by atoms with Gasteiger partial charge in [0.25, 0.3) is 0 Å². The second kappa shape index (κ2) is 5.70. The first-order chi connectivity index (χ1) is 6.33. The topological polar surface area (TPSA) is 24.9 Å². The third-order valence-corrected chi connectivity index (χ3v) is 2.11. The molecule has 0 fully saturated rings. The Morgan fingerprint density at radius 1 is 1.46 bits per heavy atom. The lowest BCUT2D eigenvalue weighted by Gasteiger charge is -2.10. The van der Waals surface area contributed by atoms with E-state index < -0.39 is 0 Å². The van der Waals surface area contributed by atoms with E-state index in [1.807, 2.05) is 18.3 Å². The highest BCUT2D eigenvalue weighted by Crippen LogP contribution is 2.01. The Bertz CT molecular complexity index is 221. The van der Waals surface area contributed by atoms with Gasteiger partial charge in [0.1, 0.15) is 0 Å². The van der Waals surface area contributed by atoms with Gasteiger partial charge in [-0.3, -0.25) is 4.98 Å². The molecular weight excluding hydrogens is 160 g/mol. The van der Waals surface area contributed by atoms with Gasteiger partial charge in [-0.25, -0.2) is 0 Å². The minimum Gasteiger partial charge on any atom is -0.315 e. The molecule has 0 aliphatic carbocycles. The van der Waals surface area contributed by atoms with Crippen molar-refractivity contribution in [2.45, 2.75) is 32.7 Å². The maximum absolute atomic E-state index is 4.28. The van der Waals surface area contributed by atoms with Crippen LogP contribution in [0.3, 0.4) is 0 Å². The molecule has 2 nitrogen and oxygen atoms in total. The van der Waals surface area contributed by atoms with Crippen LogP contribution in [0.15, 0.2) is 24.4 Å². The molecule has 0 aliphatic heterocycles. The lowest BCUT2D eigenvalue weighted by atomic mass is 10.1. The van der Waals surface area contributed by atoms with E-state index in [-0.39, 0.29) is 0 Å². The Kier molecular flexibility index (Phi) is 4.47. The summed E-state index contributed by atoms with van der Waals surface area (Å²) in [5.74, 6) is 0.